The minimum Gasteiger partial charge on any atom is -0.456 e. The molecule has 9 aromatic rings. The molecule has 0 spiro atoms. The molecule has 0 fully saturated rings. The normalized spacial score (nSPS) is 11.5. The van der Waals surface area contributed by atoms with Gasteiger partial charge in [0.05, 0.1) is 0 Å². The lowest BCUT2D eigenvalue weighted by molar-refractivity contribution is 0.669. The predicted molar refractivity (Wildman–Crippen MR) is 194 cm³/mol. The number of para-hydroxylation sites is 1. The maximum Gasteiger partial charge on any atom is 0.137 e. The van der Waals surface area contributed by atoms with E-state index in [0.717, 1.165) is 39.0 Å². The summed E-state index contributed by atoms with van der Waals surface area (Å²) in [4.78, 5) is 2.30. The van der Waals surface area contributed by atoms with Crippen molar-refractivity contribution in [3.8, 4) is 22.3 Å². The second-order valence-electron chi connectivity index (χ2n) is 11.8. The quantitative estimate of drug-likeness (QED) is 0.186. The standard InChI is InChI=1S/C44H29NO/c1-2-8-30(9-3-1)31-18-22-36(23-19-31)45(38-26-27-41-40-12-6-7-13-43(40)46-44(41)29-38)37-24-20-32(21-25-37)35-17-16-34-15-14-33-10-4-5-11-39(33)42(34)28-35/h1-29H. The molecular weight excluding hydrogens is 558 g/mol. The van der Waals surface area contributed by atoms with Gasteiger partial charge in [-0.3, -0.25) is 0 Å². The molecule has 2 heteroatoms. The number of benzene rings is 8. The molecular formula is C44H29NO. The third-order valence-corrected chi connectivity index (χ3v) is 9.06. The molecule has 9 rings (SSSR count). The number of hydrogen-bond acceptors (Lipinski definition) is 2. The monoisotopic (exact) mass is 587 g/mol. The number of hydrogen-bond donors (Lipinski definition) is 0. The van der Waals surface area contributed by atoms with Gasteiger partial charge in [-0.1, -0.05) is 121 Å². The fraction of sp³-hybridized carbons (Fsp3) is 0. The summed E-state index contributed by atoms with van der Waals surface area (Å²) >= 11 is 0. The Hall–Kier alpha value is -6.12. The zero-order valence-electron chi connectivity index (χ0n) is 25.1. The van der Waals surface area contributed by atoms with Crippen LogP contribution in [-0.2, 0) is 0 Å². The molecule has 0 radical (unpaired) electrons. The van der Waals surface area contributed by atoms with E-state index in [9.17, 15) is 0 Å². The lowest BCUT2D eigenvalue weighted by Gasteiger charge is -2.26. The van der Waals surface area contributed by atoms with E-state index in [4.69, 9.17) is 4.42 Å². The summed E-state index contributed by atoms with van der Waals surface area (Å²) in [6.45, 7) is 0. The molecule has 0 N–H and O–H groups in total. The molecule has 0 aliphatic rings. The average Bonchev–Trinajstić information content (AvgIpc) is 3.50. The van der Waals surface area contributed by atoms with Crippen molar-refractivity contribution in [2.45, 2.75) is 0 Å². The Morgan fingerprint density at radius 1 is 0.304 bits per heavy atom. The van der Waals surface area contributed by atoms with E-state index in [-0.39, 0.29) is 0 Å². The van der Waals surface area contributed by atoms with E-state index in [1.807, 2.05) is 12.1 Å². The van der Waals surface area contributed by atoms with Gasteiger partial charge in [-0.05, 0) is 92.3 Å². The first-order valence-corrected chi connectivity index (χ1v) is 15.7. The van der Waals surface area contributed by atoms with Crippen LogP contribution in [0.5, 0.6) is 0 Å². The van der Waals surface area contributed by atoms with Crippen LogP contribution in [0.25, 0.3) is 65.7 Å². The first-order valence-electron chi connectivity index (χ1n) is 15.7. The summed E-state index contributed by atoms with van der Waals surface area (Å²) in [6.07, 6.45) is 0. The number of anilines is 3. The van der Waals surface area contributed by atoms with Crippen molar-refractivity contribution in [3.63, 3.8) is 0 Å². The largest absolute Gasteiger partial charge is 0.456 e. The van der Waals surface area contributed by atoms with Crippen LogP contribution in [0.1, 0.15) is 0 Å². The fourth-order valence-electron chi connectivity index (χ4n) is 6.72. The van der Waals surface area contributed by atoms with E-state index in [1.54, 1.807) is 0 Å². The lowest BCUT2D eigenvalue weighted by Crippen LogP contribution is -2.09. The number of fused-ring (bicyclic) bond motifs is 6. The first kappa shape index (κ1) is 26.3. The highest BCUT2D eigenvalue weighted by atomic mass is 16.3. The Kier molecular flexibility index (Phi) is 6.17. The molecule has 46 heavy (non-hydrogen) atoms. The Morgan fingerprint density at radius 2 is 0.826 bits per heavy atom. The van der Waals surface area contributed by atoms with Gasteiger partial charge in [0.2, 0.25) is 0 Å². The van der Waals surface area contributed by atoms with Gasteiger partial charge >= 0.3 is 0 Å². The van der Waals surface area contributed by atoms with Crippen LogP contribution in [0, 0.1) is 0 Å². The first-order chi connectivity index (χ1) is 22.8. The van der Waals surface area contributed by atoms with Crippen molar-refractivity contribution >= 4 is 60.5 Å². The molecule has 0 unspecified atom stereocenters. The molecule has 8 aromatic carbocycles. The Balaban J connectivity index is 1.14. The van der Waals surface area contributed by atoms with Crippen molar-refractivity contribution in [1.82, 2.24) is 0 Å². The molecule has 0 bridgehead atoms. The van der Waals surface area contributed by atoms with Crippen LogP contribution < -0.4 is 4.90 Å². The van der Waals surface area contributed by atoms with Crippen molar-refractivity contribution in [1.29, 1.82) is 0 Å². The molecule has 0 atom stereocenters. The summed E-state index contributed by atoms with van der Waals surface area (Å²) in [5.74, 6) is 0. The highest BCUT2D eigenvalue weighted by Crippen LogP contribution is 2.40. The van der Waals surface area contributed by atoms with E-state index >= 15 is 0 Å². The zero-order valence-corrected chi connectivity index (χ0v) is 25.1. The van der Waals surface area contributed by atoms with Gasteiger partial charge in [-0.2, -0.15) is 0 Å². The Bertz CT molecular complexity index is 2510. The van der Waals surface area contributed by atoms with Gasteiger partial charge < -0.3 is 9.32 Å². The Morgan fingerprint density at radius 3 is 1.59 bits per heavy atom. The van der Waals surface area contributed by atoms with Gasteiger partial charge in [0.1, 0.15) is 11.2 Å². The zero-order chi connectivity index (χ0) is 30.5. The summed E-state index contributed by atoms with van der Waals surface area (Å²) in [6, 6.07) is 62.8. The van der Waals surface area contributed by atoms with Crippen LogP contribution >= 0.6 is 0 Å². The highest BCUT2D eigenvalue weighted by Gasteiger charge is 2.16. The van der Waals surface area contributed by atoms with Crippen LogP contribution in [0.3, 0.4) is 0 Å². The van der Waals surface area contributed by atoms with E-state index in [1.165, 1.54) is 43.8 Å². The maximum atomic E-state index is 6.31. The van der Waals surface area contributed by atoms with Gasteiger partial charge in [0, 0.05) is 33.9 Å². The van der Waals surface area contributed by atoms with Gasteiger partial charge in [0.25, 0.3) is 0 Å². The second kappa shape index (κ2) is 10.8. The van der Waals surface area contributed by atoms with Crippen LogP contribution in [-0.4, -0.2) is 0 Å². The van der Waals surface area contributed by atoms with Crippen LogP contribution in [0.4, 0.5) is 17.1 Å². The topological polar surface area (TPSA) is 16.4 Å². The predicted octanol–water partition coefficient (Wildman–Crippen LogP) is 12.7. The van der Waals surface area contributed by atoms with Crippen molar-refractivity contribution in [3.05, 3.63) is 176 Å². The molecule has 0 saturated carbocycles. The number of rotatable bonds is 5. The molecule has 0 aliphatic carbocycles. The molecule has 0 saturated heterocycles. The van der Waals surface area contributed by atoms with Crippen LogP contribution in [0.15, 0.2) is 180 Å². The minimum atomic E-state index is 0.879. The van der Waals surface area contributed by atoms with E-state index in [0.29, 0.717) is 0 Å². The molecule has 0 aliphatic heterocycles. The van der Waals surface area contributed by atoms with E-state index < -0.39 is 0 Å². The molecule has 0 amide bonds. The molecule has 2 nitrogen and oxygen atoms in total. The van der Waals surface area contributed by atoms with Gasteiger partial charge in [0.15, 0.2) is 0 Å². The summed E-state index contributed by atoms with van der Waals surface area (Å²) in [7, 11) is 0. The summed E-state index contributed by atoms with van der Waals surface area (Å²) in [5.41, 5.74) is 9.78. The smallest absolute Gasteiger partial charge is 0.137 e. The van der Waals surface area contributed by atoms with Crippen molar-refractivity contribution in [2.75, 3.05) is 4.90 Å². The maximum absolute atomic E-state index is 6.31. The lowest BCUT2D eigenvalue weighted by atomic mass is 9.97. The van der Waals surface area contributed by atoms with Crippen molar-refractivity contribution in [2.24, 2.45) is 0 Å². The number of nitrogens with zero attached hydrogens (tertiary/aromatic N) is 1. The fourth-order valence-corrected chi connectivity index (χ4v) is 6.72. The third-order valence-electron chi connectivity index (χ3n) is 9.06. The highest BCUT2D eigenvalue weighted by molar-refractivity contribution is 6.09. The van der Waals surface area contributed by atoms with Gasteiger partial charge in [-0.25, -0.2) is 0 Å². The van der Waals surface area contributed by atoms with Gasteiger partial charge in [-0.15, -0.1) is 0 Å². The SMILES string of the molecule is c1ccc(-c2ccc(N(c3ccc(-c4ccc5ccc6ccccc6c5c4)cc3)c3ccc4c(c3)oc3ccccc34)cc2)cc1. The second-order valence-corrected chi connectivity index (χ2v) is 11.8. The average molecular weight is 588 g/mol. The Labute approximate surface area is 267 Å². The molecule has 216 valence electrons. The van der Waals surface area contributed by atoms with Crippen LogP contribution in [0.2, 0.25) is 0 Å². The molecule has 1 aromatic heterocycles. The third kappa shape index (κ3) is 4.51. The van der Waals surface area contributed by atoms with E-state index in [2.05, 4.69) is 169 Å². The van der Waals surface area contributed by atoms with Crippen molar-refractivity contribution < 1.29 is 4.42 Å². The summed E-state index contributed by atoms with van der Waals surface area (Å²) in [5, 5.41) is 7.33. The number of furan rings is 1. The summed E-state index contributed by atoms with van der Waals surface area (Å²) < 4.78 is 6.31. The minimum absolute atomic E-state index is 0.879. The molecule has 1 heterocycles.